The summed E-state index contributed by atoms with van der Waals surface area (Å²) in [6.07, 6.45) is 9.75. The Balaban J connectivity index is 2.31. The Morgan fingerprint density at radius 3 is 2.27 bits per heavy atom. The molecule has 182 valence electrons. The summed E-state index contributed by atoms with van der Waals surface area (Å²) in [6, 6.07) is 5.80. The van der Waals surface area contributed by atoms with Gasteiger partial charge in [-0.3, -0.25) is 9.59 Å². The van der Waals surface area contributed by atoms with Crippen LogP contribution in [-0.4, -0.2) is 43.4 Å². The molecule has 1 aromatic rings. The van der Waals surface area contributed by atoms with Crippen LogP contribution in [0.15, 0.2) is 18.2 Å². The number of amides is 1. The van der Waals surface area contributed by atoms with Gasteiger partial charge in [-0.25, -0.2) is 9.59 Å². The second-order valence-corrected chi connectivity index (χ2v) is 8.79. The van der Waals surface area contributed by atoms with Gasteiger partial charge < -0.3 is 14.8 Å². The highest BCUT2D eigenvalue weighted by Gasteiger charge is 2.58. The van der Waals surface area contributed by atoms with Gasteiger partial charge in [-0.1, -0.05) is 57.2 Å². The minimum atomic E-state index is -2.22. The largest absolute Gasteiger partial charge is 0.467 e. The average Bonchev–Trinajstić information content (AvgIpc) is 2.97. The molecule has 1 aliphatic carbocycles. The molecule has 0 aliphatic heterocycles. The van der Waals surface area contributed by atoms with Crippen LogP contribution in [-0.2, 0) is 36.7 Å². The van der Waals surface area contributed by atoms with Crippen molar-refractivity contribution in [3.05, 3.63) is 34.9 Å². The highest BCUT2D eigenvalue weighted by Crippen LogP contribution is 2.34. The monoisotopic (exact) mass is 459 g/mol. The molecule has 0 fully saturated rings. The zero-order valence-corrected chi connectivity index (χ0v) is 20.3. The van der Waals surface area contributed by atoms with E-state index < -0.39 is 29.3 Å². The first kappa shape index (κ1) is 26.6. The number of hydrogen-bond donors (Lipinski definition) is 1. The number of unbranched alkanes of at least 4 members (excludes halogenated alkanes) is 5. The van der Waals surface area contributed by atoms with Crippen LogP contribution in [0, 0.1) is 5.92 Å². The number of benzene rings is 1. The lowest BCUT2D eigenvalue weighted by molar-refractivity contribution is -0.168. The summed E-state index contributed by atoms with van der Waals surface area (Å²) in [4.78, 5) is 51.2. The highest BCUT2D eigenvalue weighted by molar-refractivity contribution is 6.14. The van der Waals surface area contributed by atoms with E-state index in [1.165, 1.54) is 44.6 Å². The van der Waals surface area contributed by atoms with Gasteiger partial charge in [-0.15, -0.1) is 0 Å². The van der Waals surface area contributed by atoms with Crippen molar-refractivity contribution in [2.75, 3.05) is 14.2 Å². The van der Waals surface area contributed by atoms with Crippen molar-refractivity contribution in [1.29, 1.82) is 0 Å². The normalized spacial score (nSPS) is 15.9. The number of Topliss-reactive ketones (excluding diaryl/α,β-unsaturated/α-hetero) is 1. The fourth-order valence-corrected chi connectivity index (χ4v) is 4.74. The Bertz CT molecular complexity index is 846. The van der Waals surface area contributed by atoms with Gasteiger partial charge in [0.2, 0.25) is 11.4 Å². The molecule has 1 aromatic carbocycles. The minimum Gasteiger partial charge on any atom is -0.467 e. The van der Waals surface area contributed by atoms with Crippen LogP contribution in [0.3, 0.4) is 0 Å². The van der Waals surface area contributed by atoms with Crippen LogP contribution >= 0.6 is 0 Å². The Morgan fingerprint density at radius 1 is 1.03 bits per heavy atom. The maximum absolute atomic E-state index is 13.6. The van der Waals surface area contributed by atoms with E-state index in [0.717, 1.165) is 32.6 Å². The van der Waals surface area contributed by atoms with Crippen molar-refractivity contribution >= 4 is 23.6 Å². The van der Waals surface area contributed by atoms with Gasteiger partial charge in [0.25, 0.3) is 0 Å². The van der Waals surface area contributed by atoms with Gasteiger partial charge in [0, 0.05) is 12.5 Å². The molecule has 0 aromatic heterocycles. The van der Waals surface area contributed by atoms with Crippen molar-refractivity contribution in [2.45, 2.75) is 83.6 Å². The van der Waals surface area contributed by atoms with Crippen LogP contribution in [0.2, 0.25) is 0 Å². The first-order valence-electron chi connectivity index (χ1n) is 11.9. The fraction of sp³-hybridized carbons (Fsp3) is 0.615. The SMILES string of the molecule is CCCCCCCCc1ccc2c(c1)CCCC(C(NC(C)=O)(C(=O)OC)C(=O)OC)C2=O. The third kappa shape index (κ3) is 6.21. The van der Waals surface area contributed by atoms with Crippen LogP contribution < -0.4 is 5.32 Å². The molecular formula is C26H37NO6. The van der Waals surface area contributed by atoms with E-state index in [1.54, 1.807) is 6.07 Å². The molecular weight excluding hydrogens is 422 g/mol. The number of fused-ring (bicyclic) bond motifs is 1. The molecule has 7 nitrogen and oxygen atoms in total. The van der Waals surface area contributed by atoms with E-state index >= 15 is 0 Å². The smallest absolute Gasteiger partial charge is 0.344 e. The van der Waals surface area contributed by atoms with E-state index in [2.05, 4.69) is 18.3 Å². The Hall–Kier alpha value is -2.70. The number of rotatable bonds is 11. The second kappa shape index (κ2) is 12.5. The zero-order chi connectivity index (χ0) is 24.4. The van der Waals surface area contributed by atoms with E-state index in [1.807, 2.05) is 6.07 Å². The Labute approximate surface area is 196 Å². The number of hydrogen-bond acceptors (Lipinski definition) is 6. The molecule has 0 spiro atoms. The average molecular weight is 460 g/mol. The lowest BCUT2D eigenvalue weighted by Gasteiger charge is -2.34. The maximum atomic E-state index is 13.6. The molecule has 1 atom stereocenters. The number of aryl methyl sites for hydroxylation is 2. The summed E-state index contributed by atoms with van der Waals surface area (Å²) >= 11 is 0. The van der Waals surface area contributed by atoms with Crippen LogP contribution in [0.4, 0.5) is 0 Å². The van der Waals surface area contributed by atoms with Crippen molar-refractivity contribution in [2.24, 2.45) is 5.92 Å². The van der Waals surface area contributed by atoms with Crippen LogP contribution in [0.25, 0.3) is 0 Å². The number of nitrogens with one attached hydrogen (secondary N) is 1. The summed E-state index contributed by atoms with van der Waals surface area (Å²) in [5, 5.41) is 2.40. The molecule has 0 bridgehead atoms. The van der Waals surface area contributed by atoms with Gasteiger partial charge >= 0.3 is 11.9 Å². The quantitative estimate of drug-likeness (QED) is 0.233. The van der Waals surface area contributed by atoms with E-state index in [4.69, 9.17) is 9.47 Å². The Kier molecular flexibility index (Phi) is 10.1. The predicted octanol–water partition coefficient (Wildman–Crippen LogP) is 3.95. The third-order valence-corrected chi connectivity index (χ3v) is 6.42. The summed E-state index contributed by atoms with van der Waals surface area (Å²) in [7, 11) is 2.23. The molecule has 33 heavy (non-hydrogen) atoms. The van der Waals surface area contributed by atoms with Crippen molar-refractivity contribution < 1.29 is 28.7 Å². The second-order valence-electron chi connectivity index (χ2n) is 8.79. The number of methoxy groups -OCH3 is 2. The Morgan fingerprint density at radius 2 is 1.67 bits per heavy atom. The van der Waals surface area contributed by atoms with Crippen molar-refractivity contribution in [3.8, 4) is 0 Å². The molecule has 0 radical (unpaired) electrons. The molecule has 1 amide bonds. The number of carbonyl (C=O) groups excluding carboxylic acids is 4. The minimum absolute atomic E-state index is 0.241. The lowest BCUT2D eigenvalue weighted by atomic mass is 9.76. The molecule has 1 aliphatic rings. The number of ketones is 1. The lowest BCUT2D eigenvalue weighted by Crippen LogP contribution is -2.66. The van der Waals surface area contributed by atoms with E-state index in [0.29, 0.717) is 18.4 Å². The maximum Gasteiger partial charge on any atom is 0.344 e. The molecule has 1 unspecified atom stereocenters. The topological polar surface area (TPSA) is 98.8 Å². The number of esters is 2. The van der Waals surface area contributed by atoms with Crippen molar-refractivity contribution in [3.63, 3.8) is 0 Å². The number of ether oxygens (including phenoxy) is 2. The summed E-state index contributed by atoms with van der Waals surface area (Å²) in [5.41, 5.74) is 0.360. The van der Waals surface area contributed by atoms with Crippen LogP contribution in [0.1, 0.15) is 86.7 Å². The van der Waals surface area contributed by atoms with E-state index in [9.17, 15) is 19.2 Å². The van der Waals surface area contributed by atoms with Gasteiger partial charge in [0.15, 0.2) is 5.78 Å². The summed E-state index contributed by atoms with van der Waals surface area (Å²) in [5.74, 6) is -4.13. The zero-order valence-electron chi connectivity index (χ0n) is 20.3. The third-order valence-electron chi connectivity index (χ3n) is 6.42. The number of carbonyl (C=O) groups is 4. The molecule has 0 heterocycles. The van der Waals surface area contributed by atoms with Gasteiger partial charge in [-0.05, 0) is 43.2 Å². The first-order valence-corrected chi connectivity index (χ1v) is 11.9. The van der Waals surface area contributed by atoms with Gasteiger partial charge in [0.05, 0.1) is 20.1 Å². The van der Waals surface area contributed by atoms with Crippen molar-refractivity contribution in [1.82, 2.24) is 5.32 Å². The molecule has 2 rings (SSSR count). The summed E-state index contributed by atoms with van der Waals surface area (Å²) < 4.78 is 9.72. The van der Waals surface area contributed by atoms with Gasteiger partial charge in [0.1, 0.15) is 0 Å². The standard InChI is InChI=1S/C26H37NO6/c1-5-6-7-8-9-10-12-19-15-16-21-20(17-19)13-11-14-22(23(21)29)26(24(30)32-3,25(31)33-4)27-18(2)28/h15-17,22H,5-14H2,1-4H3,(H,27,28). The summed E-state index contributed by atoms with van der Waals surface area (Å²) in [6.45, 7) is 3.39. The molecule has 1 N–H and O–H groups in total. The molecule has 0 saturated heterocycles. The van der Waals surface area contributed by atoms with Gasteiger partial charge in [-0.2, -0.15) is 0 Å². The van der Waals surface area contributed by atoms with E-state index in [-0.39, 0.29) is 12.2 Å². The molecule has 0 saturated carbocycles. The fourth-order valence-electron chi connectivity index (χ4n) is 4.74. The highest BCUT2D eigenvalue weighted by atomic mass is 16.5. The molecule has 7 heteroatoms. The van der Waals surface area contributed by atoms with Crippen LogP contribution in [0.5, 0.6) is 0 Å². The first-order chi connectivity index (χ1) is 15.8. The predicted molar refractivity (Wildman–Crippen MR) is 125 cm³/mol.